The van der Waals surface area contributed by atoms with E-state index in [4.69, 9.17) is 14.2 Å². The minimum absolute atomic E-state index is 0.0305. The molecule has 0 aliphatic carbocycles. The molecule has 0 spiro atoms. The SMILES string of the molecule is CCCCOc1ccc([C@@H]2/C(=C(\O)c3ccc4c(c3)C[C@H](C)O4)C(=O)C(=O)N2Cc2cccnc2)cc1OCC. The number of ketones is 1. The largest absolute Gasteiger partial charge is 0.507 e. The summed E-state index contributed by atoms with van der Waals surface area (Å²) < 4.78 is 17.7. The number of carbonyl (C=O) groups is 2. The molecule has 40 heavy (non-hydrogen) atoms. The minimum Gasteiger partial charge on any atom is -0.507 e. The van der Waals surface area contributed by atoms with E-state index < -0.39 is 17.7 Å². The highest BCUT2D eigenvalue weighted by molar-refractivity contribution is 6.46. The summed E-state index contributed by atoms with van der Waals surface area (Å²) in [5.41, 5.74) is 2.84. The molecule has 3 heterocycles. The predicted molar refractivity (Wildman–Crippen MR) is 150 cm³/mol. The molecule has 1 N–H and O–H groups in total. The lowest BCUT2D eigenvalue weighted by Gasteiger charge is -2.26. The van der Waals surface area contributed by atoms with Crippen LogP contribution in [0, 0.1) is 0 Å². The van der Waals surface area contributed by atoms with Crippen molar-refractivity contribution in [2.24, 2.45) is 0 Å². The van der Waals surface area contributed by atoms with E-state index in [9.17, 15) is 14.7 Å². The van der Waals surface area contributed by atoms with Gasteiger partial charge in [0.05, 0.1) is 24.8 Å². The molecule has 2 aromatic carbocycles. The van der Waals surface area contributed by atoms with E-state index in [-0.39, 0.29) is 24.0 Å². The van der Waals surface area contributed by atoms with Crippen molar-refractivity contribution in [2.45, 2.75) is 58.7 Å². The highest BCUT2D eigenvalue weighted by Gasteiger charge is 2.46. The lowest BCUT2D eigenvalue weighted by atomic mass is 9.94. The first-order valence-electron chi connectivity index (χ1n) is 13.8. The van der Waals surface area contributed by atoms with E-state index in [1.165, 1.54) is 4.90 Å². The number of unbranched alkanes of at least 4 members (excludes halogenated alkanes) is 1. The number of aliphatic hydroxyl groups is 1. The maximum absolute atomic E-state index is 13.5. The molecule has 1 saturated heterocycles. The van der Waals surface area contributed by atoms with Gasteiger partial charge in [-0.15, -0.1) is 0 Å². The number of likely N-dealkylation sites (tertiary alicyclic amines) is 1. The quantitative estimate of drug-likeness (QED) is 0.154. The molecular formula is C32H34N2O6. The molecule has 2 atom stereocenters. The van der Waals surface area contributed by atoms with Crippen LogP contribution in [0.15, 0.2) is 66.5 Å². The second-order valence-electron chi connectivity index (χ2n) is 10.1. The van der Waals surface area contributed by atoms with Crippen LogP contribution >= 0.6 is 0 Å². The normalized spacial score (nSPS) is 19.4. The van der Waals surface area contributed by atoms with Crippen LogP contribution in [-0.4, -0.2) is 46.0 Å². The van der Waals surface area contributed by atoms with Crippen LogP contribution in [0.25, 0.3) is 5.76 Å². The third-order valence-electron chi connectivity index (χ3n) is 7.12. The maximum atomic E-state index is 13.5. The molecule has 3 aromatic rings. The van der Waals surface area contributed by atoms with E-state index in [0.29, 0.717) is 42.3 Å². The Hall–Kier alpha value is -4.33. The zero-order valence-electron chi connectivity index (χ0n) is 23.1. The smallest absolute Gasteiger partial charge is 0.295 e. The Bertz CT molecular complexity index is 1430. The molecule has 2 aliphatic heterocycles. The van der Waals surface area contributed by atoms with Crippen molar-refractivity contribution in [3.05, 3.63) is 88.8 Å². The molecule has 208 valence electrons. The Morgan fingerprint density at radius 1 is 1.10 bits per heavy atom. The molecule has 1 amide bonds. The topological polar surface area (TPSA) is 98.2 Å². The average Bonchev–Trinajstić information content (AvgIpc) is 3.45. The Kier molecular flexibility index (Phi) is 8.05. The van der Waals surface area contributed by atoms with Gasteiger partial charge >= 0.3 is 0 Å². The van der Waals surface area contributed by atoms with Gasteiger partial charge in [-0.1, -0.05) is 25.5 Å². The van der Waals surface area contributed by atoms with Crippen LogP contribution in [0.3, 0.4) is 0 Å². The number of rotatable bonds is 10. The van der Waals surface area contributed by atoms with Gasteiger partial charge in [0.1, 0.15) is 17.6 Å². The van der Waals surface area contributed by atoms with Crippen LogP contribution in [-0.2, 0) is 22.6 Å². The number of benzene rings is 2. The molecule has 8 nitrogen and oxygen atoms in total. The molecular weight excluding hydrogens is 508 g/mol. The molecule has 8 heteroatoms. The second kappa shape index (κ2) is 11.8. The number of aromatic nitrogens is 1. The van der Waals surface area contributed by atoms with Crippen molar-refractivity contribution in [3.63, 3.8) is 0 Å². The summed E-state index contributed by atoms with van der Waals surface area (Å²) in [6, 6.07) is 13.5. The predicted octanol–water partition coefficient (Wildman–Crippen LogP) is 5.60. The molecule has 1 aromatic heterocycles. The summed E-state index contributed by atoms with van der Waals surface area (Å²) in [5.74, 6) is 0.230. The van der Waals surface area contributed by atoms with Gasteiger partial charge in [-0.3, -0.25) is 14.6 Å². The van der Waals surface area contributed by atoms with E-state index in [1.807, 2.05) is 32.0 Å². The summed E-state index contributed by atoms with van der Waals surface area (Å²) in [6.45, 7) is 7.07. The monoisotopic (exact) mass is 542 g/mol. The molecule has 1 fully saturated rings. The van der Waals surface area contributed by atoms with Crippen molar-refractivity contribution in [2.75, 3.05) is 13.2 Å². The van der Waals surface area contributed by atoms with Crippen LogP contribution in [0.2, 0.25) is 0 Å². The number of ether oxygens (including phenoxy) is 3. The molecule has 0 saturated carbocycles. The summed E-state index contributed by atoms with van der Waals surface area (Å²) in [6.07, 6.45) is 5.95. The summed E-state index contributed by atoms with van der Waals surface area (Å²) in [7, 11) is 0. The van der Waals surface area contributed by atoms with Gasteiger partial charge < -0.3 is 24.2 Å². The van der Waals surface area contributed by atoms with Crippen LogP contribution < -0.4 is 14.2 Å². The van der Waals surface area contributed by atoms with Crippen molar-refractivity contribution in [1.82, 2.24) is 9.88 Å². The van der Waals surface area contributed by atoms with Crippen molar-refractivity contribution >= 4 is 17.4 Å². The lowest BCUT2D eigenvalue weighted by Crippen LogP contribution is -2.29. The van der Waals surface area contributed by atoms with Crippen molar-refractivity contribution in [3.8, 4) is 17.2 Å². The van der Waals surface area contributed by atoms with E-state index >= 15 is 0 Å². The fourth-order valence-electron chi connectivity index (χ4n) is 5.21. The summed E-state index contributed by atoms with van der Waals surface area (Å²) >= 11 is 0. The number of pyridine rings is 1. The number of carbonyl (C=O) groups excluding carboxylic acids is 2. The van der Waals surface area contributed by atoms with Gasteiger partial charge in [0.2, 0.25) is 0 Å². The number of amides is 1. The third kappa shape index (κ3) is 5.39. The molecule has 0 radical (unpaired) electrons. The lowest BCUT2D eigenvalue weighted by molar-refractivity contribution is -0.140. The number of fused-ring (bicyclic) bond motifs is 1. The Morgan fingerprint density at radius 3 is 2.70 bits per heavy atom. The Balaban J connectivity index is 1.61. The van der Waals surface area contributed by atoms with Gasteiger partial charge in [0.15, 0.2) is 11.5 Å². The summed E-state index contributed by atoms with van der Waals surface area (Å²) in [5, 5.41) is 11.6. The first kappa shape index (κ1) is 27.2. The molecule has 0 bridgehead atoms. The highest BCUT2D eigenvalue weighted by Crippen LogP contribution is 2.43. The van der Waals surface area contributed by atoms with Gasteiger partial charge in [0.25, 0.3) is 11.7 Å². The maximum Gasteiger partial charge on any atom is 0.295 e. The fourth-order valence-corrected chi connectivity index (χ4v) is 5.21. The Morgan fingerprint density at radius 2 is 1.95 bits per heavy atom. The first-order chi connectivity index (χ1) is 19.4. The third-order valence-corrected chi connectivity index (χ3v) is 7.12. The van der Waals surface area contributed by atoms with Gasteiger partial charge in [-0.25, -0.2) is 0 Å². The number of nitrogens with zero attached hydrogens (tertiary/aromatic N) is 2. The fraction of sp³-hybridized carbons (Fsp3) is 0.344. The van der Waals surface area contributed by atoms with Crippen LogP contribution in [0.1, 0.15) is 61.9 Å². The highest BCUT2D eigenvalue weighted by atomic mass is 16.5. The number of Topliss-reactive ketones (excluding diaryl/α,β-unsaturated/α-hetero) is 1. The van der Waals surface area contributed by atoms with Gasteiger partial charge in [-0.05, 0) is 73.4 Å². The van der Waals surface area contributed by atoms with E-state index in [0.717, 1.165) is 29.7 Å². The summed E-state index contributed by atoms with van der Waals surface area (Å²) in [4.78, 5) is 32.6. The molecule has 0 unspecified atom stereocenters. The molecule has 5 rings (SSSR count). The van der Waals surface area contributed by atoms with Crippen molar-refractivity contribution < 1.29 is 28.9 Å². The van der Waals surface area contributed by atoms with Crippen LogP contribution in [0.4, 0.5) is 0 Å². The second-order valence-corrected chi connectivity index (χ2v) is 10.1. The van der Waals surface area contributed by atoms with Crippen LogP contribution in [0.5, 0.6) is 17.2 Å². The van der Waals surface area contributed by atoms with Crippen molar-refractivity contribution in [1.29, 1.82) is 0 Å². The van der Waals surface area contributed by atoms with E-state index in [1.54, 1.807) is 42.7 Å². The van der Waals surface area contributed by atoms with Gasteiger partial charge in [-0.2, -0.15) is 0 Å². The zero-order chi connectivity index (χ0) is 28.2. The standard InChI is InChI=1S/C32H34N2O6/c1-4-6-14-39-26-12-9-22(17-27(26)38-5-2)29-28(30(35)23-10-11-25-24(16-23)15-20(3)40-25)31(36)32(37)34(29)19-21-8-7-13-33-18-21/h7-13,16-18,20,29,35H,4-6,14-15,19H2,1-3H3/b30-28+/t20-,29+/m0/s1. The number of hydrogen-bond donors (Lipinski definition) is 1. The first-order valence-corrected chi connectivity index (χ1v) is 13.8. The van der Waals surface area contributed by atoms with Gasteiger partial charge in [0, 0.05) is 30.9 Å². The number of hydrogen-bond acceptors (Lipinski definition) is 7. The number of aliphatic hydroxyl groups excluding tert-OH is 1. The Labute approximate surface area is 234 Å². The molecule has 2 aliphatic rings. The zero-order valence-corrected chi connectivity index (χ0v) is 23.1. The van der Waals surface area contributed by atoms with E-state index in [2.05, 4.69) is 11.9 Å². The minimum atomic E-state index is -0.840. The average molecular weight is 543 g/mol.